The normalized spacial score (nSPS) is 11.9. The molecule has 0 bridgehead atoms. The predicted molar refractivity (Wildman–Crippen MR) is 50.3 cm³/mol. The molecule has 0 aromatic rings. The quantitative estimate of drug-likeness (QED) is 0.551. The average Bonchev–Trinajstić information content (AvgIpc) is 2.15. The summed E-state index contributed by atoms with van der Waals surface area (Å²) in [7, 11) is 2.79. The second kappa shape index (κ2) is 8.19. The molecule has 0 amide bonds. The molecule has 0 saturated carbocycles. The Hall–Kier alpha value is -1.14. The van der Waals surface area contributed by atoms with Gasteiger partial charge in [-0.3, -0.25) is 0 Å². The first-order valence-corrected chi connectivity index (χ1v) is 4.43. The van der Waals surface area contributed by atoms with Crippen molar-refractivity contribution in [1.82, 2.24) is 0 Å². The molecule has 0 fully saturated rings. The molecule has 15 heavy (non-hydrogen) atoms. The van der Waals surface area contributed by atoms with Crippen molar-refractivity contribution in [2.45, 2.75) is 13.0 Å². The first kappa shape index (κ1) is 13.9. The van der Waals surface area contributed by atoms with Gasteiger partial charge in [0.2, 0.25) is 0 Å². The second-order valence-corrected chi connectivity index (χ2v) is 2.85. The Bertz CT molecular complexity index is 203. The number of carbonyl (C=O) groups is 2. The van der Waals surface area contributed by atoms with Gasteiger partial charge in [0, 0.05) is 14.2 Å². The third kappa shape index (κ3) is 7.90. The molecule has 0 aromatic heterocycles. The molecule has 88 valence electrons. The van der Waals surface area contributed by atoms with E-state index in [0.717, 1.165) is 0 Å². The monoisotopic (exact) mass is 220 g/mol. The highest BCUT2D eigenvalue weighted by Gasteiger charge is 2.11. The molecule has 6 heteroatoms. The summed E-state index contributed by atoms with van der Waals surface area (Å²) in [6.07, 6.45) is -0.492. The molecule has 0 saturated heterocycles. The van der Waals surface area contributed by atoms with Crippen molar-refractivity contribution >= 4 is 11.9 Å². The zero-order chi connectivity index (χ0) is 11.7. The van der Waals surface area contributed by atoms with Crippen LogP contribution in [0.15, 0.2) is 0 Å². The van der Waals surface area contributed by atoms with E-state index >= 15 is 0 Å². The first-order valence-electron chi connectivity index (χ1n) is 4.43. The number of carbonyl (C=O) groups excluding carboxylic acids is 2. The van der Waals surface area contributed by atoms with E-state index in [-0.39, 0.29) is 19.8 Å². The van der Waals surface area contributed by atoms with Crippen LogP contribution in [0.25, 0.3) is 0 Å². The van der Waals surface area contributed by atoms with Gasteiger partial charge in [0.1, 0.15) is 25.9 Å². The lowest BCUT2D eigenvalue weighted by atomic mass is 10.4. The summed E-state index contributed by atoms with van der Waals surface area (Å²) >= 11 is 0. The van der Waals surface area contributed by atoms with Crippen LogP contribution in [0.3, 0.4) is 0 Å². The minimum Gasteiger partial charge on any atom is -0.460 e. The van der Waals surface area contributed by atoms with Crippen LogP contribution in [-0.2, 0) is 28.5 Å². The molecule has 0 aliphatic rings. The maximum atomic E-state index is 10.9. The molecule has 0 rings (SSSR count). The van der Waals surface area contributed by atoms with E-state index in [0.29, 0.717) is 0 Å². The fourth-order valence-corrected chi connectivity index (χ4v) is 0.780. The average molecular weight is 220 g/mol. The van der Waals surface area contributed by atoms with Crippen molar-refractivity contribution in [2.24, 2.45) is 0 Å². The minimum atomic E-state index is -0.493. The van der Waals surface area contributed by atoms with Crippen molar-refractivity contribution in [3.8, 4) is 0 Å². The van der Waals surface area contributed by atoms with E-state index in [1.165, 1.54) is 14.2 Å². The van der Waals surface area contributed by atoms with E-state index < -0.39 is 18.0 Å². The molecule has 0 radical (unpaired) electrons. The summed E-state index contributed by atoms with van der Waals surface area (Å²) < 4.78 is 18.7. The zero-order valence-electron chi connectivity index (χ0n) is 9.15. The van der Waals surface area contributed by atoms with Gasteiger partial charge in [-0.2, -0.15) is 0 Å². The topological polar surface area (TPSA) is 71.1 Å². The SMILES string of the molecule is COCC(=O)OCC(C)OC(=O)COC. The lowest BCUT2D eigenvalue weighted by Gasteiger charge is -2.12. The molecule has 0 heterocycles. The first-order chi connectivity index (χ1) is 7.10. The summed E-state index contributed by atoms with van der Waals surface area (Å²) in [5.74, 6) is -0.986. The highest BCUT2D eigenvalue weighted by atomic mass is 16.6. The number of ether oxygens (including phenoxy) is 4. The Kier molecular flexibility index (Phi) is 7.57. The zero-order valence-corrected chi connectivity index (χ0v) is 9.15. The van der Waals surface area contributed by atoms with Crippen LogP contribution in [0.4, 0.5) is 0 Å². The largest absolute Gasteiger partial charge is 0.460 e. The summed E-state index contributed by atoms with van der Waals surface area (Å²) in [4.78, 5) is 21.8. The molecule has 1 atom stereocenters. The van der Waals surface area contributed by atoms with Gasteiger partial charge < -0.3 is 18.9 Å². The predicted octanol–water partition coefficient (Wildman–Crippen LogP) is -0.246. The summed E-state index contributed by atoms with van der Waals surface area (Å²) in [5, 5.41) is 0. The Morgan fingerprint density at radius 3 is 2.13 bits per heavy atom. The Morgan fingerprint density at radius 2 is 1.60 bits per heavy atom. The number of hydrogen-bond acceptors (Lipinski definition) is 6. The highest BCUT2D eigenvalue weighted by molar-refractivity contribution is 5.71. The van der Waals surface area contributed by atoms with Crippen molar-refractivity contribution in [2.75, 3.05) is 34.0 Å². The number of esters is 2. The maximum Gasteiger partial charge on any atom is 0.332 e. The number of methoxy groups -OCH3 is 2. The molecular formula is C9H16O6. The number of hydrogen-bond donors (Lipinski definition) is 0. The number of rotatable bonds is 7. The van der Waals surface area contributed by atoms with Crippen molar-refractivity contribution in [3.63, 3.8) is 0 Å². The van der Waals surface area contributed by atoms with E-state index in [1.54, 1.807) is 6.92 Å². The fourth-order valence-electron chi connectivity index (χ4n) is 0.780. The van der Waals surface area contributed by atoms with Gasteiger partial charge in [-0.15, -0.1) is 0 Å². The van der Waals surface area contributed by atoms with Crippen LogP contribution >= 0.6 is 0 Å². The van der Waals surface area contributed by atoms with Gasteiger partial charge in [-0.05, 0) is 6.92 Å². The fraction of sp³-hybridized carbons (Fsp3) is 0.778. The Balaban J connectivity index is 3.60. The van der Waals surface area contributed by atoms with Crippen molar-refractivity contribution in [1.29, 1.82) is 0 Å². The van der Waals surface area contributed by atoms with E-state index in [1.807, 2.05) is 0 Å². The van der Waals surface area contributed by atoms with Crippen LogP contribution in [0, 0.1) is 0 Å². The second-order valence-electron chi connectivity index (χ2n) is 2.85. The molecular weight excluding hydrogens is 204 g/mol. The third-order valence-corrected chi connectivity index (χ3v) is 1.34. The highest BCUT2D eigenvalue weighted by Crippen LogP contribution is 1.94. The Labute approximate surface area is 88.4 Å². The minimum absolute atomic E-state index is 0.0116. The van der Waals surface area contributed by atoms with E-state index in [2.05, 4.69) is 9.47 Å². The molecule has 0 N–H and O–H groups in total. The summed E-state index contributed by atoms with van der Waals surface area (Å²) in [6.45, 7) is 1.40. The van der Waals surface area contributed by atoms with Crippen LogP contribution < -0.4 is 0 Å². The van der Waals surface area contributed by atoms with Gasteiger partial charge in [-0.1, -0.05) is 0 Å². The van der Waals surface area contributed by atoms with Gasteiger partial charge in [0.25, 0.3) is 0 Å². The van der Waals surface area contributed by atoms with Crippen LogP contribution in [0.1, 0.15) is 6.92 Å². The Morgan fingerprint density at radius 1 is 1.07 bits per heavy atom. The van der Waals surface area contributed by atoms with Crippen LogP contribution in [0.2, 0.25) is 0 Å². The van der Waals surface area contributed by atoms with Crippen molar-refractivity contribution < 1.29 is 28.5 Å². The summed E-state index contributed by atoms with van der Waals surface area (Å²) in [6, 6.07) is 0. The van der Waals surface area contributed by atoms with Crippen LogP contribution in [-0.4, -0.2) is 52.1 Å². The molecule has 1 unspecified atom stereocenters. The van der Waals surface area contributed by atoms with Gasteiger partial charge >= 0.3 is 11.9 Å². The molecule has 0 aliphatic heterocycles. The lowest BCUT2D eigenvalue weighted by Crippen LogP contribution is -2.25. The van der Waals surface area contributed by atoms with Gasteiger partial charge in [0.15, 0.2) is 0 Å². The third-order valence-electron chi connectivity index (χ3n) is 1.34. The van der Waals surface area contributed by atoms with Gasteiger partial charge in [0.05, 0.1) is 0 Å². The maximum absolute atomic E-state index is 10.9. The molecule has 0 aliphatic carbocycles. The molecule has 0 aromatic carbocycles. The standard InChI is InChI=1S/C9H16O6/c1-7(15-9(11)6-13-3)4-14-8(10)5-12-2/h7H,4-6H2,1-3H3. The smallest absolute Gasteiger partial charge is 0.332 e. The van der Waals surface area contributed by atoms with E-state index in [4.69, 9.17) is 9.47 Å². The van der Waals surface area contributed by atoms with Gasteiger partial charge in [-0.25, -0.2) is 9.59 Å². The van der Waals surface area contributed by atoms with Crippen LogP contribution in [0.5, 0.6) is 0 Å². The molecule has 6 nitrogen and oxygen atoms in total. The van der Waals surface area contributed by atoms with E-state index in [9.17, 15) is 9.59 Å². The molecule has 0 spiro atoms. The summed E-state index contributed by atoms with van der Waals surface area (Å²) in [5.41, 5.74) is 0. The van der Waals surface area contributed by atoms with Crippen molar-refractivity contribution in [3.05, 3.63) is 0 Å². The lowest BCUT2D eigenvalue weighted by molar-refractivity contribution is -0.162.